The molecule has 40 heavy (non-hydrogen) atoms. The van der Waals surface area contributed by atoms with Gasteiger partial charge in [0, 0.05) is 11.3 Å². The summed E-state index contributed by atoms with van der Waals surface area (Å²) in [6, 6.07) is -0.879. The number of unbranched alkanes of at least 4 members (excludes halogenated alkanes) is 10. The van der Waals surface area contributed by atoms with E-state index in [9.17, 15) is 19.7 Å². The number of carbonyl (C=O) groups is 2. The highest BCUT2D eigenvalue weighted by molar-refractivity contribution is 5.73. The van der Waals surface area contributed by atoms with E-state index in [4.69, 9.17) is 14.2 Å². The number of nitro groups is 1. The Balaban J connectivity index is 1.64. The van der Waals surface area contributed by atoms with Gasteiger partial charge >= 0.3 is 11.9 Å². The van der Waals surface area contributed by atoms with Crippen molar-refractivity contribution >= 4 is 11.9 Å². The molecule has 0 amide bonds. The molecule has 0 aliphatic heterocycles. The molecule has 0 radical (unpaired) electrons. The molecule has 8 nitrogen and oxygen atoms in total. The summed E-state index contributed by atoms with van der Waals surface area (Å²) in [7, 11) is 0. The van der Waals surface area contributed by atoms with E-state index in [1.807, 2.05) is 6.92 Å². The molecule has 0 heterocycles. The van der Waals surface area contributed by atoms with Crippen molar-refractivity contribution in [3.05, 3.63) is 10.1 Å². The predicted molar refractivity (Wildman–Crippen MR) is 157 cm³/mol. The van der Waals surface area contributed by atoms with E-state index in [1.165, 1.54) is 51.4 Å². The van der Waals surface area contributed by atoms with E-state index in [1.54, 1.807) is 0 Å². The van der Waals surface area contributed by atoms with E-state index < -0.39 is 18.1 Å². The zero-order chi connectivity index (χ0) is 29.2. The normalized spacial score (nSPS) is 25.7. The SMILES string of the molecule is CCCCCCCCCCOC(=O)C1CCC(OC(=O)C2CCC(OC(C)CCCCCC)C([N+](=O)[O-])C2)CC1. The minimum atomic E-state index is -0.879. The maximum absolute atomic E-state index is 12.9. The number of esters is 2. The number of hydrogen-bond donors (Lipinski definition) is 0. The zero-order valence-corrected chi connectivity index (χ0v) is 25.6. The number of hydrogen-bond acceptors (Lipinski definition) is 7. The van der Waals surface area contributed by atoms with Crippen molar-refractivity contribution in [2.24, 2.45) is 11.8 Å². The van der Waals surface area contributed by atoms with Crippen LogP contribution in [0.3, 0.4) is 0 Å². The largest absolute Gasteiger partial charge is 0.465 e. The van der Waals surface area contributed by atoms with E-state index >= 15 is 0 Å². The molecule has 8 heteroatoms. The Hall–Kier alpha value is -1.70. The maximum Gasteiger partial charge on any atom is 0.309 e. The summed E-state index contributed by atoms with van der Waals surface area (Å²) in [5.74, 6) is -1.05. The van der Waals surface area contributed by atoms with Crippen LogP contribution in [0.15, 0.2) is 0 Å². The first kappa shape index (κ1) is 34.5. The van der Waals surface area contributed by atoms with E-state index in [0.717, 1.165) is 32.1 Å². The summed E-state index contributed by atoms with van der Waals surface area (Å²) in [4.78, 5) is 36.9. The first-order valence-electron chi connectivity index (χ1n) is 16.5. The maximum atomic E-state index is 12.9. The molecule has 2 saturated carbocycles. The Morgan fingerprint density at radius 3 is 1.98 bits per heavy atom. The quantitative estimate of drug-likeness (QED) is 0.0636. The fraction of sp³-hybridized carbons (Fsp3) is 0.938. The Morgan fingerprint density at radius 1 is 0.775 bits per heavy atom. The third-order valence-corrected chi connectivity index (χ3v) is 8.76. The highest BCUT2D eigenvalue weighted by atomic mass is 16.6. The van der Waals surface area contributed by atoms with E-state index in [-0.39, 0.29) is 41.4 Å². The standard InChI is InChI=1S/C32H57NO7/c1-4-6-8-10-11-12-13-15-23-38-31(34)26-17-20-28(21-18-26)40-32(35)27-19-22-30(29(24-27)33(36)37)39-25(3)16-14-9-7-5-2/h25-30H,4-24H2,1-3H3. The van der Waals surface area contributed by atoms with Gasteiger partial charge in [-0.05, 0) is 58.3 Å². The Bertz CT molecular complexity index is 722. The van der Waals surface area contributed by atoms with Crippen LogP contribution in [0, 0.1) is 22.0 Å². The molecule has 0 saturated heterocycles. The van der Waals surface area contributed by atoms with Crippen molar-refractivity contribution < 1.29 is 28.7 Å². The molecule has 2 rings (SSSR count). The molecule has 4 unspecified atom stereocenters. The number of nitrogens with zero attached hydrogens (tertiary/aromatic N) is 1. The van der Waals surface area contributed by atoms with Gasteiger partial charge in [-0.1, -0.05) is 84.5 Å². The van der Waals surface area contributed by atoms with Crippen molar-refractivity contribution in [3.8, 4) is 0 Å². The molecule has 4 atom stereocenters. The van der Waals surface area contributed by atoms with Crippen molar-refractivity contribution in [3.63, 3.8) is 0 Å². The number of rotatable bonds is 20. The van der Waals surface area contributed by atoms with Crippen molar-refractivity contribution in [1.29, 1.82) is 0 Å². The lowest BCUT2D eigenvalue weighted by molar-refractivity contribution is -0.541. The molecule has 0 spiro atoms. The molecule has 232 valence electrons. The van der Waals surface area contributed by atoms with Crippen LogP contribution in [0.4, 0.5) is 0 Å². The molecule has 0 bridgehead atoms. The van der Waals surface area contributed by atoms with Gasteiger partial charge in [0.15, 0.2) is 0 Å². The first-order chi connectivity index (χ1) is 19.3. The molecular weight excluding hydrogens is 510 g/mol. The monoisotopic (exact) mass is 567 g/mol. The number of carbonyl (C=O) groups excluding carboxylic acids is 2. The Labute approximate surface area is 242 Å². The lowest BCUT2D eigenvalue weighted by Gasteiger charge is -2.33. The van der Waals surface area contributed by atoms with E-state index in [0.29, 0.717) is 45.1 Å². The molecule has 0 aromatic heterocycles. The summed E-state index contributed by atoms with van der Waals surface area (Å²) < 4.78 is 17.4. The van der Waals surface area contributed by atoms with Crippen LogP contribution in [0.5, 0.6) is 0 Å². The van der Waals surface area contributed by atoms with Crippen molar-refractivity contribution in [1.82, 2.24) is 0 Å². The summed E-state index contributed by atoms with van der Waals surface area (Å²) in [5.41, 5.74) is 0. The van der Waals surface area contributed by atoms with Gasteiger partial charge in [0.25, 0.3) is 0 Å². The molecule has 0 aromatic rings. The van der Waals surface area contributed by atoms with Crippen LogP contribution in [0.2, 0.25) is 0 Å². The average molecular weight is 568 g/mol. The summed E-state index contributed by atoms with van der Waals surface area (Å²) in [5, 5.41) is 11.8. The van der Waals surface area contributed by atoms with Crippen LogP contribution in [-0.4, -0.2) is 47.8 Å². The van der Waals surface area contributed by atoms with Crippen LogP contribution < -0.4 is 0 Å². The van der Waals surface area contributed by atoms with Gasteiger partial charge < -0.3 is 14.2 Å². The fourth-order valence-electron chi connectivity index (χ4n) is 6.14. The number of ether oxygens (including phenoxy) is 3. The minimum absolute atomic E-state index is 0.0185. The van der Waals surface area contributed by atoms with Gasteiger partial charge in [-0.25, -0.2) is 0 Å². The van der Waals surface area contributed by atoms with Gasteiger partial charge in [0.05, 0.1) is 24.5 Å². The van der Waals surface area contributed by atoms with Crippen molar-refractivity contribution in [2.75, 3.05) is 6.61 Å². The molecule has 0 aromatic carbocycles. The first-order valence-corrected chi connectivity index (χ1v) is 16.5. The van der Waals surface area contributed by atoms with Gasteiger partial charge in [-0.2, -0.15) is 0 Å². The van der Waals surface area contributed by atoms with Crippen LogP contribution in [0.25, 0.3) is 0 Å². The highest BCUT2D eigenvalue weighted by Crippen LogP contribution is 2.33. The molecule has 2 fully saturated rings. The third-order valence-electron chi connectivity index (χ3n) is 8.76. The zero-order valence-electron chi connectivity index (χ0n) is 25.6. The fourth-order valence-corrected chi connectivity index (χ4v) is 6.14. The molecular formula is C32H57NO7. The van der Waals surface area contributed by atoms with Gasteiger partial charge in [-0.3, -0.25) is 19.7 Å². The molecule has 2 aliphatic rings. The van der Waals surface area contributed by atoms with Gasteiger partial charge in [0.2, 0.25) is 6.04 Å². The average Bonchev–Trinajstić information content (AvgIpc) is 2.94. The third kappa shape index (κ3) is 13.3. The second-order valence-corrected chi connectivity index (χ2v) is 12.3. The van der Waals surface area contributed by atoms with Crippen LogP contribution in [-0.2, 0) is 23.8 Å². The minimum Gasteiger partial charge on any atom is -0.465 e. The van der Waals surface area contributed by atoms with Crippen LogP contribution >= 0.6 is 0 Å². The molecule has 0 N–H and O–H groups in total. The van der Waals surface area contributed by atoms with Gasteiger partial charge in [0.1, 0.15) is 12.2 Å². The smallest absolute Gasteiger partial charge is 0.309 e. The predicted octanol–water partition coefficient (Wildman–Crippen LogP) is 7.96. The second-order valence-electron chi connectivity index (χ2n) is 12.3. The van der Waals surface area contributed by atoms with Gasteiger partial charge in [-0.15, -0.1) is 0 Å². The van der Waals surface area contributed by atoms with Crippen molar-refractivity contribution in [2.45, 2.75) is 174 Å². The topological polar surface area (TPSA) is 105 Å². The summed E-state index contributed by atoms with van der Waals surface area (Å²) in [6.07, 6.45) is 18.3. The molecule has 2 aliphatic carbocycles. The summed E-state index contributed by atoms with van der Waals surface area (Å²) in [6.45, 7) is 6.88. The Morgan fingerprint density at radius 2 is 1.35 bits per heavy atom. The van der Waals surface area contributed by atoms with E-state index in [2.05, 4.69) is 13.8 Å². The lowest BCUT2D eigenvalue weighted by atomic mass is 9.83. The highest BCUT2D eigenvalue weighted by Gasteiger charge is 2.43. The summed E-state index contributed by atoms with van der Waals surface area (Å²) >= 11 is 0. The lowest BCUT2D eigenvalue weighted by Crippen LogP contribution is -2.45. The van der Waals surface area contributed by atoms with Crippen LogP contribution in [0.1, 0.15) is 149 Å². The second kappa shape index (κ2) is 20.2. The Kier molecular flexibility index (Phi) is 17.4.